The summed E-state index contributed by atoms with van der Waals surface area (Å²) in [6, 6.07) is 6.51. The van der Waals surface area contributed by atoms with E-state index >= 15 is 0 Å². The minimum Gasteiger partial charge on any atom is -0.259 e. The highest BCUT2D eigenvalue weighted by Crippen LogP contribution is 2.25. The molecule has 0 aliphatic heterocycles. The summed E-state index contributed by atoms with van der Waals surface area (Å²) in [5.74, 6) is 0. The van der Waals surface area contributed by atoms with E-state index in [1.54, 1.807) is 0 Å². The first-order valence-electron chi connectivity index (χ1n) is 5.36. The fourth-order valence-electron chi connectivity index (χ4n) is 1.89. The molecule has 0 bridgehead atoms. The Morgan fingerprint density at radius 1 is 1.13 bits per heavy atom. The van der Waals surface area contributed by atoms with Crippen LogP contribution in [0, 0.1) is 13.8 Å². The van der Waals surface area contributed by atoms with Gasteiger partial charge in [-0.05, 0) is 46.2 Å². The number of rotatable bonds is 0. The second-order valence-electron chi connectivity index (χ2n) is 5.19. The van der Waals surface area contributed by atoms with Crippen LogP contribution in [0.1, 0.15) is 32.0 Å². The monoisotopic (exact) mass is 202 g/mol. The van der Waals surface area contributed by atoms with Crippen molar-refractivity contribution in [1.82, 2.24) is 9.78 Å². The molecule has 0 spiro atoms. The van der Waals surface area contributed by atoms with E-state index in [4.69, 9.17) is 0 Å². The fourth-order valence-corrected chi connectivity index (χ4v) is 1.89. The summed E-state index contributed by atoms with van der Waals surface area (Å²) >= 11 is 0. The van der Waals surface area contributed by atoms with Crippen LogP contribution in [0.4, 0.5) is 0 Å². The van der Waals surface area contributed by atoms with Crippen molar-refractivity contribution >= 4 is 10.9 Å². The Bertz CT molecular complexity index is 501. The third kappa shape index (κ3) is 1.65. The highest BCUT2D eigenvalue weighted by Gasteiger charge is 2.18. The molecule has 80 valence electrons. The lowest BCUT2D eigenvalue weighted by atomic mass is 10.1. The van der Waals surface area contributed by atoms with E-state index in [2.05, 4.69) is 62.6 Å². The number of aromatic nitrogens is 2. The second-order valence-corrected chi connectivity index (χ2v) is 5.19. The molecule has 0 atom stereocenters. The first-order valence-corrected chi connectivity index (χ1v) is 5.36. The Kier molecular flexibility index (Phi) is 2.10. The summed E-state index contributed by atoms with van der Waals surface area (Å²) in [5, 5.41) is 5.88. The standard InChI is InChI=1S/C13H18N2/c1-9-6-7-11-10(2)14-15(12(11)8-9)13(3,4)5/h6-8H,1-5H3. The Morgan fingerprint density at radius 2 is 1.80 bits per heavy atom. The van der Waals surface area contributed by atoms with Crippen molar-refractivity contribution in [2.45, 2.75) is 40.2 Å². The molecule has 2 nitrogen and oxygen atoms in total. The van der Waals surface area contributed by atoms with Gasteiger partial charge in [-0.15, -0.1) is 0 Å². The fraction of sp³-hybridized carbons (Fsp3) is 0.462. The molecule has 1 aromatic carbocycles. The summed E-state index contributed by atoms with van der Waals surface area (Å²) in [5.41, 5.74) is 3.67. The van der Waals surface area contributed by atoms with E-state index in [0.717, 1.165) is 5.69 Å². The quantitative estimate of drug-likeness (QED) is 0.640. The van der Waals surface area contributed by atoms with Gasteiger partial charge >= 0.3 is 0 Å². The highest BCUT2D eigenvalue weighted by atomic mass is 15.3. The zero-order valence-corrected chi connectivity index (χ0v) is 10.1. The minimum absolute atomic E-state index is 0.0420. The van der Waals surface area contributed by atoms with Crippen LogP contribution in [0.2, 0.25) is 0 Å². The zero-order valence-electron chi connectivity index (χ0n) is 10.1. The number of fused-ring (bicyclic) bond motifs is 1. The summed E-state index contributed by atoms with van der Waals surface area (Å²) in [4.78, 5) is 0. The number of hydrogen-bond acceptors (Lipinski definition) is 1. The molecule has 2 rings (SSSR count). The Hall–Kier alpha value is -1.31. The van der Waals surface area contributed by atoms with E-state index in [-0.39, 0.29) is 5.54 Å². The molecule has 2 aromatic rings. The van der Waals surface area contributed by atoms with Gasteiger partial charge in [0.15, 0.2) is 0 Å². The topological polar surface area (TPSA) is 17.8 Å². The lowest BCUT2D eigenvalue weighted by molar-refractivity contribution is 0.366. The molecule has 2 heteroatoms. The van der Waals surface area contributed by atoms with Gasteiger partial charge in [0.05, 0.1) is 16.7 Å². The van der Waals surface area contributed by atoms with Crippen LogP contribution in [0.15, 0.2) is 18.2 Å². The average molecular weight is 202 g/mol. The second kappa shape index (κ2) is 3.09. The maximum atomic E-state index is 4.62. The van der Waals surface area contributed by atoms with Crippen LogP contribution >= 0.6 is 0 Å². The number of benzene rings is 1. The van der Waals surface area contributed by atoms with Crippen molar-refractivity contribution in [3.8, 4) is 0 Å². The average Bonchev–Trinajstić information content (AvgIpc) is 2.42. The van der Waals surface area contributed by atoms with Gasteiger partial charge in [0.1, 0.15) is 0 Å². The van der Waals surface area contributed by atoms with Crippen molar-refractivity contribution in [2.24, 2.45) is 0 Å². The van der Waals surface area contributed by atoms with Crippen molar-refractivity contribution in [2.75, 3.05) is 0 Å². The van der Waals surface area contributed by atoms with Crippen LogP contribution in [0.25, 0.3) is 10.9 Å². The van der Waals surface area contributed by atoms with Gasteiger partial charge in [-0.2, -0.15) is 5.10 Å². The maximum Gasteiger partial charge on any atom is 0.0694 e. The van der Waals surface area contributed by atoms with Crippen molar-refractivity contribution < 1.29 is 0 Å². The van der Waals surface area contributed by atoms with E-state index in [1.165, 1.54) is 16.5 Å². The number of hydrogen-bond donors (Lipinski definition) is 0. The van der Waals surface area contributed by atoms with Crippen molar-refractivity contribution in [1.29, 1.82) is 0 Å². The first-order chi connectivity index (χ1) is 6.89. The number of nitrogens with zero attached hydrogens (tertiary/aromatic N) is 2. The third-order valence-electron chi connectivity index (χ3n) is 2.66. The predicted molar refractivity (Wildman–Crippen MR) is 64.2 cm³/mol. The van der Waals surface area contributed by atoms with E-state index < -0.39 is 0 Å². The SMILES string of the molecule is Cc1ccc2c(C)nn(C(C)(C)C)c2c1. The van der Waals surface area contributed by atoms with Gasteiger partial charge in [0.2, 0.25) is 0 Å². The summed E-state index contributed by atoms with van der Waals surface area (Å²) in [6.07, 6.45) is 0. The van der Waals surface area contributed by atoms with Crippen LogP contribution < -0.4 is 0 Å². The molecular weight excluding hydrogens is 184 g/mol. The molecule has 0 saturated carbocycles. The smallest absolute Gasteiger partial charge is 0.0694 e. The molecule has 1 aromatic heterocycles. The first kappa shape index (κ1) is 10.2. The summed E-state index contributed by atoms with van der Waals surface area (Å²) < 4.78 is 2.12. The number of aryl methyl sites for hydroxylation is 2. The predicted octanol–water partition coefficient (Wildman–Crippen LogP) is 3.41. The van der Waals surface area contributed by atoms with Crippen LogP contribution in [0.5, 0.6) is 0 Å². The lowest BCUT2D eigenvalue weighted by Gasteiger charge is -2.20. The van der Waals surface area contributed by atoms with E-state index in [1.807, 2.05) is 0 Å². The molecular formula is C13H18N2. The zero-order chi connectivity index (χ0) is 11.2. The molecule has 0 aliphatic rings. The van der Waals surface area contributed by atoms with Gasteiger partial charge in [-0.1, -0.05) is 12.1 Å². The maximum absolute atomic E-state index is 4.62. The molecule has 0 amide bonds. The molecule has 0 saturated heterocycles. The van der Waals surface area contributed by atoms with Gasteiger partial charge in [0.25, 0.3) is 0 Å². The molecule has 1 heterocycles. The Labute approximate surface area is 90.9 Å². The minimum atomic E-state index is 0.0420. The van der Waals surface area contributed by atoms with Crippen LogP contribution in [-0.2, 0) is 5.54 Å². The highest BCUT2D eigenvalue weighted by molar-refractivity contribution is 5.82. The largest absolute Gasteiger partial charge is 0.259 e. The summed E-state index contributed by atoms with van der Waals surface area (Å²) in [6.45, 7) is 10.7. The molecule has 0 N–H and O–H groups in total. The molecule has 15 heavy (non-hydrogen) atoms. The van der Waals surface area contributed by atoms with Gasteiger partial charge in [-0.3, -0.25) is 4.68 Å². The van der Waals surface area contributed by atoms with E-state index in [9.17, 15) is 0 Å². The van der Waals surface area contributed by atoms with E-state index in [0.29, 0.717) is 0 Å². The van der Waals surface area contributed by atoms with Crippen molar-refractivity contribution in [3.05, 3.63) is 29.5 Å². The molecule has 0 radical (unpaired) electrons. The van der Waals surface area contributed by atoms with Gasteiger partial charge < -0.3 is 0 Å². The normalized spacial score (nSPS) is 12.3. The Morgan fingerprint density at radius 3 is 2.40 bits per heavy atom. The van der Waals surface area contributed by atoms with Crippen LogP contribution in [0.3, 0.4) is 0 Å². The van der Waals surface area contributed by atoms with Gasteiger partial charge in [0, 0.05) is 5.39 Å². The lowest BCUT2D eigenvalue weighted by Crippen LogP contribution is -2.23. The molecule has 0 aliphatic carbocycles. The Balaban J connectivity index is 2.81. The van der Waals surface area contributed by atoms with Gasteiger partial charge in [-0.25, -0.2) is 0 Å². The molecule has 0 unspecified atom stereocenters. The third-order valence-corrected chi connectivity index (χ3v) is 2.66. The van der Waals surface area contributed by atoms with Crippen LogP contribution in [-0.4, -0.2) is 9.78 Å². The summed E-state index contributed by atoms with van der Waals surface area (Å²) in [7, 11) is 0. The molecule has 0 fully saturated rings. The van der Waals surface area contributed by atoms with Crippen molar-refractivity contribution in [3.63, 3.8) is 0 Å².